The van der Waals surface area contributed by atoms with Gasteiger partial charge in [0, 0.05) is 6.61 Å². The van der Waals surface area contributed by atoms with E-state index in [0.717, 1.165) is 12.8 Å². The van der Waals surface area contributed by atoms with Crippen molar-refractivity contribution in [1.29, 1.82) is 0 Å². The first-order valence-corrected chi connectivity index (χ1v) is 6.56. The molecule has 18 heavy (non-hydrogen) atoms. The van der Waals surface area contributed by atoms with E-state index in [0.29, 0.717) is 13.2 Å². The van der Waals surface area contributed by atoms with Gasteiger partial charge in [-0.05, 0) is 40.5 Å². The molecule has 0 aromatic carbocycles. The summed E-state index contributed by atoms with van der Waals surface area (Å²) in [5.74, 6) is -0.730. The molecule has 0 heterocycles. The van der Waals surface area contributed by atoms with Crippen LogP contribution >= 0.6 is 0 Å². The third-order valence-corrected chi connectivity index (χ3v) is 2.73. The standard InChI is InChI=1S/C14H26O4/c1-7-9-17-12(16)13(3,4)11(15)14(5,6)18-10-8-2/h7-10H2,1-6H3. The van der Waals surface area contributed by atoms with Crippen LogP contribution in [-0.4, -0.2) is 30.6 Å². The van der Waals surface area contributed by atoms with E-state index in [1.54, 1.807) is 27.7 Å². The van der Waals surface area contributed by atoms with Gasteiger partial charge in [0.1, 0.15) is 11.0 Å². The number of carbonyl (C=O) groups excluding carboxylic acids is 2. The maximum atomic E-state index is 12.4. The molecule has 4 heteroatoms. The smallest absolute Gasteiger partial charge is 0.319 e. The van der Waals surface area contributed by atoms with Crippen molar-refractivity contribution >= 4 is 11.8 Å². The van der Waals surface area contributed by atoms with Crippen molar-refractivity contribution in [2.24, 2.45) is 5.41 Å². The molecule has 0 aliphatic carbocycles. The molecule has 0 aliphatic rings. The zero-order chi connectivity index (χ0) is 14.4. The van der Waals surface area contributed by atoms with Gasteiger partial charge in [0.25, 0.3) is 0 Å². The minimum absolute atomic E-state index is 0.246. The van der Waals surface area contributed by atoms with Gasteiger partial charge in [-0.1, -0.05) is 13.8 Å². The Morgan fingerprint density at radius 1 is 0.944 bits per heavy atom. The summed E-state index contributed by atoms with van der Waals surface area (Å²) in [6.07, 6.45) is 1.57. The van der Waals surface area contributed by atoms with E-state index in [4.69, 9.17) is 9.47 Å². The fourth-order valence-corrected chi connectivity index (χ4v) is 1.64. The average molecular weight is 258 g/mol. The highest BCUT2D eigenvalue weighted by atomic mass is 16.5. The molecule has 0 N–H and O–H groups in total. The summed E-state index contributed by atoms with van der Waals surface area (Å²) in [7, 11) is 0. The highest BCUT2D eigenvalue weighted by molar-refractivity contribution is 6.06. The summed E-state index contributed by atoms with van der Waals surface area (Å²) in [5.41, 5.74) is -2.14. The molecule has 0 radical (unpaired) electrons. The zero-order valence-corrected chi connectivity index (χ0v) is 12.5. The third-order valence-electron chi connectivity index (χ3n) is 2.73. The first-order valence-electron chi connectivity index (χ1n) is 6.56. The zero-order valence-electron chi connectivity index (χ0n) is 12.5. The molecule has 0 saturated heterocycles. The van der Waals surface area contributed by atoms with Gasteiger partial charge < -0.3 is 9.47 Å². The molecule has 0 aromatic heterocycles. The Morgan fingerprint density at radius 3 is 1.89 bits per heavy atom. The monoisotopic (exact) mass is 258 g/mol. The van der Waals surface area contributed by atoms with Gasteiger partial charge >= 0.3 is 5.97 Å². The van der Waals surface area contributed by atoms with Crippen molar-refractivity contribution in [1.82, 2.24) is 0 Å². The molecule has 0 aromatic rings. The van der Waals surface area contributed by atoms with Gasteiger partial charge in [-0.3, -0.25) is 9.59 Å². The maximum absolute atomic E-state index is 12.4. The molecule has 0 atom stereocenters. The van der Waals surface area contributed by atoms with E-state index in [-0.39, 0.29) is 5.78 Å². The second-order valence-electron chi connectivity index (χ2n) is 5.45. The van der Waals surface area contributed by atoms with Gasteiger partial charge in [0.05, 0.1) is 6.61 Å². The number of ether oxygens (including phenoxy) is 2. The van der Waals surface area contributed by atoms with E-state index in [1.165, 1.54) is 0 Å². The van der Waals surface area contributed by atoms with Crippen LogP contribution in [0.1, 0.15) is 54.4 Å². The van der Waals surface area contributed by atoms with Crippen molar-refractivity contribution in [3.05, 3.63) is 0 Å². The van der Waals surface area contributed by atoms with Crippen molar-refractivity contribution in [3.63, 3.8) is 0 Å². The van der Waals surface area contributed by atoms with Crippen LogP contribution in [0.25, 0.3) is 0 Å². The van der Waals surface area contributed by atoms with Crippen LogP contribution in [0.5, 0.6) is 0 Å². The largest absolute Gasteiger partial charge is 0.465 e. The number of rotatable bonds is 8. The molecular formula is C14H26O4. The molecule has 0 unspecified atom stereocenters. The lowest BCUT2D eigenvalue weighted by Gasteiger charge is -2.31. The van der Waals surface area contributed by atoms with Crippen molar-refractivity contribution in [3.8, 4) is 0 Å². The highest BCUT2D eigenvalue weighted by Gasteiger charge is 2.45. The summed E-state index contributed by atoms with van der Waals surface area (Å²) < 4.78 is 10.6. The Bertz CT molecular complexity index is 292. The molecule has 0 spiro atoms. The van der Waals surface area contributed by atoms with E-state index in [1.807, 2.05) is 13.8 Å². The van der Waals surface area contributed by atoms with Gasteiger partial charge in [-0.2, -0.15) is 0 Å². The SMILES string of the molecule is CCCOC(=O)C(C)(C)C(=O)C(C)(C)OCCC. The van der Waals surface area contributed by atoms with Crippen molar-refractivity contribution < 1.29 is 19.1 Å². The molecule has 0 saturated carbocycles. The quantitative estimate of drug-likeness (QED) is 0.496. The Kier molecular flexibility index (Phi) is 6.54. The van der Waals surface area contributed by atoms with Crippen LogP contribution in [0.15, 0.2) is 0 Å². The Hall–Kier alpha value is -0.900. The predicted molar refractivity (Wildman–Crippen MR) is 70.4 cm³/mol. The summed E-state index contributed by atoms with van der Waals surface area (Å²) in [4.78, 5) is 24.3. The summed E-state index contributed by atoms with van der Waals surface area (Å²) in [6.45, 7) is 11.3. The van der Waals surface area contributed by atoms with Gasteiger partial charge in [-0.15, -0.1) is 0 Å². The predicted octanol–water partition coefficient (Wildman–Crippen LogP) is 2.74. The van der Waals surface area contributed by atoms with Crippen molar-refractivity contribution in [2.45, 2.75) is 60.0 Å². The lowest BCUT2D eigenvalue weighted by molar-refractivity contribution is -0.167. The van der Waals surface area contributed by atoms with Gasteiger partial charge in [-0.25, -0.2) is 0 Å². The first kappa shape index (κ1) is 17.1. The minimum Gasteiger partial charge on any atom is -0.465 e. The number of hydrogen-bond acceptors (Lipinski definition) is 4. The fraction of sp³-hybridized carbons (Fsp3) is 0.857. The molecule has 0 amide bonds. The van der Waals surface area contributed by atoms with Crippen LogP contribution < -0.4 is 0 Å². The van der Waals surface area contributed by atoms with Crippen LogP contribution in [0, 0.1) is 5.41 Å². The van der Waals surface area contributed by atoms with Crippen LogP contribution in [0.4, 0.5) is 0 Å². The van der Waals surface area contributed by atoms with E-state index >= 15 is 0 Å². The third kappa shape index (κ3) is 4.41. The molecule has 106 valence electrons. The normalized spacial score (nSPS) is 12.3. The minimum atomic E-state index is -1.17. The number of carbonyl (C=O) groups is 2. The number of esters is 1. The lowest BCUT2D eigenvalue weighted by Crippen LogP contribution is -2.48. The molecule has 0 aliphatic heterocycles. The molecule has 0 bridgehead atoms. The highest BCUT2D eigenvalue weighted by Crippen LogP contribution is 2.28. The summed E-state index contributed by atoms with van der Waals surface area (Å²) in [6, 6.07) is 0. The molecular weight excluding hydrogens is 232 g/mol. The fourth-order valence-electron chi connectivity index (χ4n) is 1.64. The van der Waals surface area contributed by atoms with Crippen LogP contribution in [0.2, 0.25) is 0 Å². The first-order chi connectivity index (χ1) is 8.20. The molecule has 0 rings (SSSR count). The summed E-state index contributed by atoms with van der Waals surface area (Å²) in [5, 5.41) is 0. The van der Waals surface area contributed by atoms with E-state index in [9.17, 15) is 9.59 Å². The Morgan fingerprint density at radius 2 is 1.44 bits per heavy atom. The Labute approximate surface area is 110 Å². The lowest BCUT2D eigenvalue weighted by atomic mass is 9.80. The van der Waals surface area contributed by atoms with Crippen LogP contribution in [-0.2, 0) is 19.1 Å². The second-order valence-corrected chi connectivity index (χ2v) is 5.45. The molecule has 0 fully saturated rings. The van der Waals surface area contributed by atoms with Gasteiger partial charge in [0.2, 0.25) is 0 Å². The van der Waals surface area contributed by atoms with Gasteiger partial charge in [0.15, 0.2) is 5.78 Å². The number of hydrogen-bond donors (Lipinski definition) is 0. The second kappa shape index (κ2) is 6.88. The summed E-state index contributed by atoms with van der Waals surface area (Å²) >= 11 is 0. The Balaban J connectivity index is 4.77. The van der Waals surface area contributed by atoms with Crippen LogP contribution in [0.3, 0.4) is 0 Å². The number of ketones is 1. The maximum Gasteiger partial charge on any atom is 0.319 e. The van der Waals surface area contributed by atoms with E-state index < -0.39 is 17.0 Å². The van der Waals surface area contributed by atoms with Crippen molar-refractivity contribution in [2.75, 3.05) is 13.2 Å². The molecule has 4 nitrogen and oxygen atoms in total. The topological polar surface area (TPSA) is 52.6 Å². The number of Topliss-reactive ketones (excluding diaryl/α,β-unsaturated/α-hetero) is 1. The average Bonchev–Trinajstić information content (AvgIpc) is 2.32. The van der Waals surface area contributed by atoms with E-state index in [2.05, 4.69) is 0 Å².